The van der Waals surface area contributed by atoms with Gasteiger partial charge in [-0.2, -0.15) is 8.42 Å². The molecule has 1 heterocycles. The van der Waals surface area contributed by atoms with Crippen LogP contribution < -0.4 is 0 Å². The zero-order chi connectivity index (χ0) is 16.2. The van der Waals surface area contributed by atoms with Gasteiger partial charge in [-0.3, -0.25) is 4.18 Å². The van der Waals surface area contributed by atoms with Gasteiger partial charge < -0.3 is 19.7 Å². The fraction of sp³-hybridized carbons (Fsp3) is 0.571. The summed E-state index contributed by atoms with van der Waals surface area (Å²) < 4.78 is 39.8. The zero-order valence-corrected chi connectivity index (χ0v) is 13.1. The van der Waals surface area contributed by atoms with E-state index in [1.807, 2.05) is 6.92 Å². The molecular formula is C14H20O7S. The fourth-order valence-electron chi connectivity index (χ4n) is 1.90. The smallest absolute Gasteiger partial charge is 0.297 e. The van der Waals surface area contributed by atoms with Crippen molar-refractivity contribution >= 4 is 10.1 Å². The third-order valence-electron chi connectivity index (χ3n) is 3.45. The Bertz CT molecular complexity index is 568. The number of ether oxygens (including phenoxy) is 2. The van der Waals surface area contributed by atoms with Gasteiger partial charge in [0.2, 0.25) is 0 Å². The van der Waals surface area contributed by atoms with Crippen molar-refractivity contribution in [3.63, 3.8) is 0 Å². The average molecular weight is 332 g/mol. The molecule has 1 aromatic carbocycles. The third-order valence-corrected chi connectivity index (χ3v) is 4.75. The summed E-state index contributed by atoms with van der Waals surface area (Å²) in [4.78, 5) is 0.0786. The Hall–Kier alpha value is -1.03. The highest BCUT2D eigenvalue weighted by atomic mass is 32.2. The molecule has 124 valence electrons. The summed E-state index contributed by atoms with van der Waals surface area (Å²) in [5.41, 5.74) is -0.181. The predicted octanol–water partition coefficient (Wildman–Crippen LogP) is -0.161. The summed E-state index contributed by atoms with van der Waals surface area (Å²) in [5.74, 6) is 0. The number of aliphatic hydroxyl groups excluding tert-OH is 2. The van der Waals surface area contributed by atoms with Gasteiger partial charge in [-0.1, -0.05) is 17.7 Å². The van der Waals surface area contributed by atoms with Crippen molar-refractivity contribution in [2.24, 2.45) is 0 Å². The van der Waals surface area contributed by atoms with E-state index in [0.29, 0.717) is 0 Å². The van der Waals surface area contributed by atoms with E-state index in [2.05, 4.69) is 0 Å². The number of benzene rings is 1. The van der Waals surface area contributed by atoms with Crippen molar-refractivity contribution in [2.75, 3.05) is 33.0 Å². The first kappa shape index (κ1) is 17.3. The molecular weight excluding hydrogens is 312 g/mol. The van der Waals surface area contributed by atoms with Crippen molar-refractivity contribution in [2.45, 2.75) is 23.5 Å². The van der Waals surface area contributed by atoms with E-state index < -0.39 is 21.8 Å². The Morgan fingerprint density at radius 2 is 1.91 bits per heavy atom. The molecule has 0 spiro atoms. The number of aliphatic hydroxyl groups is 2. The first-order chi connectivity index (χ1) is 10.4. The number of hydrogen-bond donors (Lipinski definition) is 2. The number of aryl methyl sites for hydroxylation is 1. The van der Waals surface area contributed by atoms with E-state index >= 15 is 0 Å². The lowest BCUT2D eigenvalue weighted by molar-refractivity contribution is -0.221. The highest BCUT2D eigenvalue weighted by Crippen LogP contribution is 2.20. The molecule has 1 saturated heterocycles. The van der Waals surface area contributed by atoms with Crippen LogP contribution in [0.5, 0.6) is 0 Å². The second-order valence-electron chi connectivity index (χ2n) is 5.29. The van der Waals surface area contributed by atoms with Crippen LogP contribution in [0.15, 0.2) is 29.2 Å². The van der Waals surface area contributed by atoms with Crippen LogP contribution in [0.2, 0.25) is 0 Å². The molecule has 0 aromatic heterocycles. The normalized spacial score (nSPS) is 21.7. The lowest BCUT2D eigenvalue weighted by Crippen LogP contribution is -2.53. The van der Waals surface area contributed by atoms with E-state index in [1.165, 1.54) is 12.1 Å². The summed E-state index contributed by atoms with van der Waals surface area (Å²) in [6.07, 6.45) is -0.577. The first-order valence-electron chi connectivity index (χ1n) is 6.84. The van der Waals surface area contributed by atoms with Gasteiger partial charge in [-0.25, -0.2) is 0 Å². The molecule has 7 nitrogen and oxygen atoms in total. The van der Waals surface area contributed by atoms with Gasteiger partial charge in [-0.15, -0.1) is 0 Å². The minimum Gasteiger partial charge on any atom is -0.393 e. The highest BCUT2D eigenvalue weighted by Gasteiger charge is 2.37. The van der Waals surface area contributed by atoms with Crippen LogP contribution in [0.25, 0.3) is 0 Å². The molecule has 8 heteroatoms. The Morgan fingerprint density at radius 3 is 2.41 bits per heavy atom. The van der Waals surface area contributed by atoms with Crippen molar-refractivity contribution in [1.82, 2.24) is 0 Å². The summed E-state index contributed by atoms with van der Waals surface area (Å²) in [7, 11) is -3.85. The number of rotatable bonds is 6. The average Bonchev–Trinajstić information content (AvgIpc) is 2.54. The minimum absolute atomic E-state index is 0.0292. The molecule has 0 aliphatic carbocycles. The van der Waals surface area contributed by atoms with Crippen molar-refractivity contribution in [1.29, 1.82) is 0 Å². The second-order valence-corrected chi connectivity index (χ2v) is 6.91. The molecule has 0 amide bonds. The summed E-state index contributed by atoms with van der Waals surface area (Å²) in [5, 5.41) is 18.3. The predicted molar refractivity (Wildman–Crippen MR) is 76.9 cm³/mol. The van der Waals surface area contributed by atoms with E-state index in [1.54, 1.807) is 12.1 Å². The van der Waals surface area contributed by atoms with E-state index in [4.69, 9.17) is 23.9 Å². The molecule has 2 N–H and O–H groups in total. The highest BCUT2D eigenvalue weighted by molar-refractivity contribution is 7.86. The van der Waals surface area contributed by atoms with Crippen molar-refractivity contribution in [3.8, 4) is 0 Å². The fourth-order valence-corrected chi connectivity index (χ4v) is 2.83. The molecule has 1 atom stereocenters. The Labute approximate surface area is 129 Å². The van der Waals surface area contributed by atoms with Gasteiger partial charge in [0.1, 0.15) is 11.7 Å². The maximum Gasteiger partial charge on any atom is 0.297 e. The molecule has 0 saturated carbocycles. The summed E-state index contributed by atoms with van der Waals surface area (Å²) in [6, 6.07) is 6.33. The van der Waals surface area contributed by atoms with Crippen molar-refractivity contribution in [3.05, 3.63) is 29.8 Å². The molecule has 1 fully saturated rings. The van der Waals surface area contributed by atoms with Crippen LogP contribution in [0.1, 0.15) is 5.56 Å². The molecule has 22 heavy (non-hydrogen) atoms. The molecule has 2 rings (SSSR count). The molecule has 1 unspecified atom stereocenters. The van der Waals surface area contributed by atoms with Crippen LogP contribution >= 0.6 is 0 Å². The maximum atomic E-state index is 12.0. The SMILES string of the molecule is Cc1ccc(S(=O)(=O)OCC2COC(CO)(CO)CO2)cc1. The Kier molecular flexibility index (Phi) is 5.54. The van der Waals surface area contributed by atoms with Gasteiger partial charge in [0.25, 0.3) is 10.1 Å². The van der Waals surface area contributed by atoms with Crippen molar-refractivity contribution < 1.29 is 32.3 Å². The van der Waals surface area contributed by atoms with Crippen LogP contribution in [-0.2, 0) is 23.8 Å². The lowest BCUT2D eigenvalue weighted by Gasteiger charge is -2.37. The van der Waals surface area contributed by atoms with Gasteiger partial charge in [0.05, 0.1) is 37.9 Å². The van der Waals surface area contributed by atoms with Gasteiger partial charge >= 0.3 is 0 Å². The molecule has 0 radical (unpaired) electrons. The topological polar surface area (TPSA) is 102 Å². The largest absolute Gasteiger partial charge is 0.393 e. The third kappa shape index (κ3) is 4.03. The van der Waals surface area contributed by atoms with Gasteiger partial charge in [0, 0.05) is 0 Å². The monoisotopic (exact) mass is 332 g/mol. The van der Waals surface area contributed by atoms with Gasteiger partial charge in [-0.05, 0) is 19.1 Å². The van der Waals surface area contributed by atoms with Crippen LogP contribution in [0, 0.1) is 6.92 Å². The van der Waals surface area contributed by atoms with Gasteiger partial charge in [0.15, 0.2) is 0 Å². The Morgan fingerprint density at radius 1 is 1.27 bits per heavy atom. The summed E-state index contributed by atoms with van der Waals surface area (Å²) in [6.45, 7) is 0.919. The van der Waals surface area contributed by atoms with E-state index in [0.717, 1.165) is 5.56 Å². The number of hydrogen-bond acceptors (Lipinski definition) is 7. The van der Waals surface area contributed by atoms with Crippen LogP contribution in [0.4, 0.5) is 0 Å². The lowest BCUT2D eigenvalue weighted by atomic mass is 10.1. The second kappa shape index (κ2) is 7.03. The quantitative estimate of drug-likeness (QED) is 0.698. The van der Waals surface area contributed by atoms with Crippen LogP contribution in [0.3, 0.4) is 0 Å². The van der Waals surface area contributed by atoms with Crippen LogP contribution in [-0.4, -0.2) is 63.4 Å². The van der Waals surface area contributed by atoms with E-state index in [9.17, 15) is 8.42 Å². The first-order valence-corrected chi connectivity index (χ1v) is 8.25. The summed E-state index contributed by atoms with van der Waals surface area (Å²) >= 11 is 0. The molecule has 0 bridgehead atoms. The molecule has 1 aromatic rings. The maximum absolute atomic E-state index is 12.0. The standard InChI is InChI=1S/C14H20O7S/c1-11-2-4-13(5-3-11)22(17,18)21-7-12-6-20-14(8-15,9-16)10-19-12/h2-5,12,15-16H,6-10H2,1H3. The Balaban J connectivity index is 1.90. The molecule has 1 aliphatic heterocycles. The van der Waals surface area contributed by atoms with E-state index in [-0.39, 0.29) is 37.9 Å². The molecule has 1 aliphatic rings. The minimum atomic E-state index is -3.85. The zero-order valence-electron chi connectivity index (χ0n) is 12.3.